The van der Waals surface area contributed by atoms with Gasteiger partial charge >= 0.3 is 0 Å². The van der Waals surface area contributed by atoms with Crippen LogP contribution in [0.2, 0.25) is 0 Å². The van der Waals surface area contributed by atoms with E-state index in [1.165, 1.54) is 19.2 Å². The third-order valence-electron chi connectivity index (χ3n) is 3.47. The van der Waals surface area contributed by atoms with Crippen molar-refractivity contribution >= 4 is 29.0 Å². The summed E-state index contributed by atoms with van der Waals surface area (Å²) >= 11 is 1.58. The second kappa shape index (κ2) is 8.93. The number of carbonyl (C=O) groups excluding carboxylic acids is 1. The minimum absolute atomic E-state index is 0.0413. The number of hydrogen-bond donors (Lipinski definition) is 2. The summed E-state index contributed by atoms with van der Waals surface area (Å²) in [6.45, 7) is 0.901. The van der Waals surface area contributed by atoms with Crippen molar-refractivity contribution in [2.45, 2.75) is 4.90 Å². The summed E-state index contributed by atoms with van der Waals surface area (Å²) in [5, 5.41) is 16.5. The zero-order valence-corrected chi connectivity index (χ0v) is 14.8. The lowest BCUT2D eigenvalue weighted by Crippen LogP contribution is -2.29. The number of methoxy groups -OCH3 is 1. The summed E-state index contributed by atoms with van der Waals surface area (Å²) in [6.07, 6.45) is 1.96. The van der Waals surface area contributed by atoms with Crippen LogP contribution in [-0.4, -0.2) is 37.3 Å². The Morgan fingerprint density at radius 1 is 1.20 bits per heavy atom. The lowest BCUT2D eigenvalue weighted by atomic mass is 10.2. The van der Waals surface area contributed by atoms with Gasteiger partial charge in [0.2, 0.25) is 0 Å². The van der Waals surface area contributed by atoms with E-state index in [0.29, 0.717) is 24.4 Å². The molecule has 0 atom stereocenters. The highest BCUT2D eigenvalue weighted by Gasteiger charge is 2.12. The van der Waals surface area contributed by atoms with Gasteiger partial charge in [-0.3, -0.25) is 14.9 Å². The van der Waals surface area contributed by atoms with E-state index in [4.69, 9.17) is 4.74 Å². The molecule has 7 nitrogen and oxygen atoms in total. The standard InChI is InChI=1S/C17H19N3O4S/c1-24-16-11-14(25-2)7-8-15(16)17(21)19-10-9-18-12-3-5-13(6-4-12)20(22)23/h3-8,11,18H,9-10H2,1-2H3,(H,19,21). The largest absolute Gasteiger partial charge is 0.496 e. The Balaban J connectivity index is 1.85. The molecule has 0 saturated carbocycles. The van der Waals surface area contributed by atoms with Crippen LogP contribution in [0.4, 0.5) is 11.4 Å². The number of nitro benzene ring substituents is 1. The van der Waals surface area contributed by atoms with E-state index in [1.54, 1.807) is 30.0 Å². The van der Waals surface area contributed by atoms with Gasteiger partial charge in [-0.25, -0.2) is 0 Å². The Labute approximate surface area is 149 Å². The summed E-state index contributed by atoms with van der Waals surface area (Å²) in [4.78, 5) is 23.4. The van der Waals surface area contributed by atoms with Crippen LogP contribution in [0.15, 0.2) is 47.4 Å². The van der Waals surface area contributed by atoms with Crippen molar-refractivity contribution in [2.24, 2.45) is 0 Å². The maximum atomic E-state index is 12.3. The molecule has 2 aromatic carbocycles. The minimum atomic E-state index is -0.445. The number of hydrogen-bond acceptors (Lipinski definition) is 6. The van der Waals surface area contributed by atoms with Crippen LogP contribution < -0.4 is 15.4 Å². The van der Waals surface area contributed by atoms with Crippen molar-refractivity contribution in [3.8, 4) is 5.75 Å². The molecular formula is C17H19N3O4S. The average Bonchev–Trinajstić information content (AvgIpc) is 2.64. The molecular weight excluding hydrogens is 342 g/mol. The first-order chi connectivity index (χ1) is 12.0. The molecule has 2 N–H and O–H groups in total. The van der Waals surface area contributed by atoms with Crippen molar-refractivity contribution in [3.05, 3.63) is 58.1 Å². The van der Waals surface area contributed by atoms with E-state index in [0.717, 1.165) is 10.6 Å². The van der Waals surface area contributed by atoms with Crippen LogP contribution in [0.1, 0.15) is 10.4 Å². The summed E-state index contributed by atoms with van der Waals surface area (Å²) in [7, 11) is 1.53. The minimum Gasteiger partial charge on any atom is -0.496 e. The molecule has 0 unspecified atom stereocenters. The number of nitro groups is 1. The molecule has 0 saturated heterocycles. The number of amides is 1. The van der Waals surface area contributed by atoms with Crippen molar-refractivity contribution in [2.75, 3.05) is 31.8 Å². The van der Waals surface area contributed by atoms with Crippen LogP contribution in [0.25, 0.3) is 0 Å². The highest BCUT2D eigenvalue weighted by Crippen LogP contribution is 2.25. The maximum Gasteiger partial charge on any atom is 0.269 e. The number of anilines is 1. The van der Waals surface area contributed by atoms with Gasteiger partial charge in [-0.2, -0.15) is 0 Å². The lowest BCUT2D eigenvalue weighted by Gasteiger charge is -2.11. The molecule has 0 aliphatic heterocycles. The fourth-order valence-corrected chi connectivity index (χ4v) is 2.59. The number of ether oxygens (including phenoxy) is 1. The molecule has 0 aromatic heterocycles. The van der Waals surface area contributed by atoms with Gasteiger partial charge in [-0.1, -0.05) is 0 Å². The Kier molecular flexibility index (Phi) is 6.64. The molecule has 0 radical (unpaired) electrons. The number of rotatable bonds is 8. The Bertz CT molecular complexity index is 750. The summed E-state index contributed by atoms with van der Waals surface area (Å²) < 4.78 is 5.27. The van der Waals surface area contributed by atoms with Gasteiger partial charge in [0.25, 0.3) is 11.6 Å². The second-order valence-electron chi connectivity index (χ2n) is 5.05. The smallest absolute Gasteiger partial charge is 0.269 e. The molecule has 0 heterocycles. The maximum absolute atomic E-state index is 12.3. The first-order valence-electron chi connectivity index (χ1n) is 7.53. The van der Waals surface area contributed by atoms with Crippen LogP contribution >= 0.6 is 11.8 Å². The fourth-order valence-electron chi connectivity index (χ4n) is 2.17. The predicted octanol–water partition coefficient (Wildman–Crippen LogP) is 3.17. The Hall–Kier alpha value is -2.74. The molecule has 1 amide bonds. The Morgan fingerprint density at radius 2 is 1.92 bits per heavy atom. The molecule has 2 rings (SSSR count). The van der Waals surface area contributed by atoms with Crippen LogP contribution in [0, 0.1) is 10.1 Å². The van der Waals surface area contributed by atoms with E-state index in [1.807, 2.05) is 18.4 Å². The van der Waals surface area contributed by atoms with E-state index in [9.17, 15) is 14.9 Å². The molecule has 132 valence electrons. The highest BCUT2D eigenvalue weighted by atomic mass is 32.2. The molecule has 25 heavy (non-hydrogen) atoms. The van der Waals surface area contributed by atoms with E-state index in [2.05, 4.69) is 10.6 Å². The van der Waals surface area contributed by atoms with Crippen LogP contribution in [0.5, 0.6) is 5.75 Å². The van der Waals surface area contributed by atoms with Gasteiger partial charge < -0.3 is 15.4 Å². The van der Waals surface area contributed by atoms with Gasteiger partial charge in [-0.15, -0.1) is 11.8 Å². The third kappa shape index (κ3) is 5.12. The van der Waals surface area contributed by atoms with Crippen molar-refractivity contribution < 1.29 is 14.5 Å². The first-order valence-corrected chi connectivity index (χ1v) is 8.76. The Morgan fingerprint density at radius 3 is 2.52 bits per heavy atom. The number of nitrogens with one attached hydrogen (secondary N) is 2. The monoisotopic (exact) mass is 361 g/mol. The SMILES string of the molecule is COc1cc(SC)ccc1C(=O)NCCNc1ccc([N+](=O)[O-])cc1. The summed E-state index contributed by atoms with van der Waals surface area (Å²) in [5.74, 6) is 0.322. The summed E-state index contributed by atoms with van der Waals surface area (Å²) in [5.41, 5.74) is 1.28. The van der Waals surface area contributed by atoms with Crippen LogP contribution in [-0.2, 0) is 0 Å². The van der Waals surface area contributed by atoms with E-state index in [-0.39, 0.29) is 11.6 Å². The van der Waals surface area contributed by atoms with Crippen molar-refractivity contribution in [1.82, 2.24) is 5.32 Å². The van der Waals surface area contributed by atoms with Gasteiger partial charge in [0, 0.05) is 35.8 Å². The first kappa shape index (κ1) is 18.6. The topological polar surface area (TPSA) is 93.5 Å². The number of non-ortho nitro benzene ring substituents is 1. The normalized spacial score (nSPS) is 10.2. The molecule has 2 aromatic rings. The van der Waals surface area contributed by atoms with E-state index >= 15 is 0 Å². The van der Waals surface area contributed by atoms with Gasteiger partial charge in [0.05, 0.1) is 17.6 Å². The average molecular weight is 361 g/mol. The van der Waals surface area contributed by atoms with E-state index < -0.39 is 4.92 Å². The predicted molar refractivity (Wildman–Crippen MR) is 98.7 cm³/mol. The molecule has 8 heteroatoms. The molecule has 0 spiro atoms. The number of nitrogens with zero attached hydrogens (tertiary/aromatic N) is 1. The quantitative estimate of drug-likeness (QED) is 0.325. The fraction of sp³-hybridized carbons (Fsp3) is 0.235. The van der Waals surface area contributed by atoms with Crippen molar-refractivity contribution in [1.29, 1.82) is 0 Å². The zero-order chi connectivity index (χ0) is 18.2. The van der Waals surface area contributed by atoms with Crippen molar-refractivity contribution in [3.63, 3.8) is 0 Å². The lowest BCUT2D eigenvalue weighted by molar-refractivity contribution is -0.384. The second-order valence-corrected chi connectivity index (χ2v) is 5.93. The number of thioether (sulfide) groups is 1. The highest BCUT2D eigenvalue weighted by molar-refractivity contribution is 7.98. The summed E-state index contributed by atoms with van der Waals surface area (Å²) in [6, 6.07) is 11.6. The zero-order valence-electron chi connectivity index (χ0n) is 13.9. The number of benzene rings is 2. The van der Waals surface area contributed by atoms with Crippen LogP contribution in [0.3, 0.4) is 0 Å². The molecule has 0 aliphatic rings. The molecule has 0 bridgehead atoms. The van der Waals surface area contributed by atoms with Gasteiger partial charge in [0.15, 0.2) is 0 Å². The molecule has 0 aliphatic carbocycles. The third-order valence-corrected chi connectivity index (χ3v) is 4.20. The number of carbonyl (C=O) groups is 1. The molecule has 0 fully saturated rings. The van der Waals surface area contributed by atoms with Gasteiger partial charge in [0.1, 0.15) is 5.75 Å². The van der Waals surface area contributed by atoms with Gasteiger partial charge in [-0.05, 0) is 36.6 Å².